The minimum atomic E-state index is -0.0735. The lowest BCUT2D eigenvalue weighted by Crippen LogP contribution is -2.36. The number of rotatable bonds is 4. The Morgan fingerprint density at radius 2 is 2.25 bits per heavy atom. The van der Waals surface area contributed by atoms with Crippen LogP contribution >= 0.6 is 11.8 Å². The van der Waals surface area contributed by atoms with Crippen LogP contribution in [0, 0.1) is 5.92 Å². The molecule has 2 unspecified atom stereocenters. The summed E-state index contributed by atoms with van der Waals surface area (Å²) in [5.41, 5.74) is 0. The van der Waals surface area contributed by atoms with Gasteiger partial charge in [0.25, 0.3) is 0 Å². The van der Waals surface area contributed by atoms with E-state index in [1.807, 2.05) is 11.8 Å². The van der Waals surface area contributed by atoms with Crippen LogP contribution in [0.5, 0.6) is 0 Å². The summed E-state index contributed by atoms with van der Waals surface area (Å²) in [4.78, 5) is 0. The van der Waals surface area contributed by atoms with Gasteiger partial charge in [0.05, 0.1) is 6.10 Å². The zero-order valence-corrected chi connectivity index (χ0v) is 8.15. The normalized spacial score (nSPS) is 32.2. The molecule has 1 heterocycles. The van der Waals surface area contributed by atoms with E-state index in [0.717, 1.165) is 6.54 Å². The highest BCUT2D eigenvalue weighted by Gasteiger charge is 2.29. The van der Waals surface area contributed by atoms with Crippen molar-refractivity contribution in [3.8, 4) is 0 Å². The topological polar surface area (TPSA) is 32.3 Å². The molecule has 2 atom stereocenters. The Balaban J connectivity index is 1.60. The summed E-state index contributed by atoms with van der Waals surface area (Å²) < 4.78 is 0. The number of nitrogens with one attached hydrogen (secondary N) is 1. The van der Waals surface area contributed by atoms with Crippen LogP contribution in [0.2, 0.25) is 0 Å². The monoisotopic (exact) mass is 187 g/mol. The summed E-state index contributed by atoms with van der Waals surface area (Å²) >= 11 is 2.01. The molecule has 0 bridgehead atoms. The van der Waals surface area contributed by atoms with Crippen molar-refractivity contribution >= 4 is 11.8 Å². The quantitative estimate of drug-likeness (QED) is 0.684. The highest BCUT2D eigenvalue weighted by molar-refractivity contribution is 7.99. The largest absolute Gasteiger partial charge is 0.392 e. The molecule has 2 fully saturated rings. The highest BCUT2D eigenvalue weighted by atomic mass is 32.2. The number of hydrogen-bond donors (Lipinski definition) is 2. The summed E-state index contributed by atoms with van der Waals surface area (Å²) in [6, 6.07) is 0.670. The fraction of sp³-hybridized carbons (Fsp3) is 1.00. The first-order chi connectivity index (χ1) is 5.86. The van der Waals surface area contributed by atoms with Crippen molar-refractivity contribution in [1.29, 1.82) is 0 Å². The van der Waals surface area contributed by atoms with E-state index in [4.69, 9.17) is 0 Å². The van der Waals surface area contributed by atoms with Gasteiger partial charge >= 0.3 is 0 Å². The van der Waals surface area contributed by atoms with Gasteiger partial charge in [-0.3, -0.25) is 0 Å². The maximum absolute atomic E-state index is 9.58. The predicted molar refractivity (Wildman–Crippen MR) is 52.5 cm³/mol. The summed E-state index contributed by atoms with van der Waals surface area (Å²) in [6.45, 7) is 0.815. The Kier molecular flexibility index (Phi) is 2.94. The van der Waals surface area contributed by atoms with Gasteiger partial charge in [-0.15, -0.1) is 0 Å². The molecular formula is C9H17NOS. The van der Waals surface area contributed by atoms with Gasteiger partial charge in [-0.05, 0) is 30.9 Å². The molecule has 0 aromatic carbocycles. The molecule has 70 valence electrons. The number of aliphatic hydroxyl groups excluding tert-OH is 1. The molecule has 1 saturated heterocycles. The zero-order valence-electron chi connectivity index (χ0n) is 7.33. The van der Waals surface area contributed by atoms with Crippen molar-refractivity contribution in [2.45, 2.75) is 31.4 Å². The second-order valence-corrected chi connectivity index (χ2v) is 5.02. The number of hydrogen-bond acceptors (Lipinski definition) is 3. The summed E-state index contributed by atoms with van der Waals surface area (Å²) in [6.07, 6.45) is 3.68. The van der Waals surface area contributed by atoms with Crippen molar-refractivity contribution in [3.63, 3.8) is 0 Å². The van der Waals surface area contributed by atoms with E-state index in [1.165, 1.54) is 30.8 Å². The van der Waals surface area contributed by atoms with Gasteiger partial charge < -0.3 is 10.4 Å². The van der Waals surface area contributed by atoms with Crippen LogP contribution in [0.15, 0.2) is 0 Å². The van der Waals surface area contributed by atoms with Crippen LogP contribution < -0.4 is 5.32 Å². The van der Waals surface area contributed by atoms with Crippen LogP contribution in [0.3, 0.4) is 0 Å². The molecule has 12 heavy (non-hydrogen) atoms. The van der Waals surface area contributed by atoms with E-state index >= 15 is 0 Å². The van der Waals surface area contributed by atoms with Crippen LogP contribution in [-0.4, -0.2) is 35.3 Å². The fourth-order valence-electron chi connectivity index (χ4n) is 1.63. The maximum atomic E-state index is 9.58. The van der Waals surface area contributed by atoms with Crippen molar-refractivity contribution < 1.29 is 5.11 Å². The molecule has 1 aliphatic heterocycles. The molecule has 0 amide bonds. The second kappa shape index (κ2) is 3.99. The molecule has 1 saturated carbocycles. The standard InChI is InChI=1S/C9H17NOS/c11-9(7-1-2-7)5-10-8-3-4-12-6-8/h7-11H,1-6H2. The SMILES string of the molecule is OC(CNC1CCSC1)C1CC1. The molecule has 2 rings (SSSR count). The Labute approximate surface area is 78.1 Å². The van der Waals surface area contributed by atoms with E-state index in [-0.39, 0.29) is 6.10 Å². The first-order valence-electron chi connectivity index (χ1n) is 4.85. The van der Waals surface area contributed by atoms with Crippen LogP contribution in [0.4, 0.5) is 0 Å². The van der Waals surface area contributed by atoms with Crippen LogP contribution in [0.1, 0.15) is 19.3 Å². The molecule has 0 aromatic rings. The molecule has 0 aromatic heterocycles. The molecule has 3 heteroatoms. The third-order valence-electron chi connectivity index (χ3n) is 2.71. The predicted octanol–water partition coefficient (Wildman–Crippen LogP) is 0.852. The minimum absolute atomic E-state index is 0.0735. The Morgan fingerprint density at radius 3 is 2.83 bits per heavy atom. The molecule has 0 radical (unpaired) electrons. The van der Waals surface area contributed by atoms with Crippen molar-refractivity contribution in [2.24, 2.45) is 5.92 Å². The van der Waals surface area contributed by atoms with E-state index < -0.39 is 0 Å². The molecule has 2 N–H and O–H groups in total. The lowest BCUT2D eigenvalue weighted by Gasteiger charge is -2.14. The Hall–Kier alpha value is 0.270. The van der Waals surface area contributed by atoms with Gasteiger partial charge in [-0.1, -0.05) is 0 Å². The fourth-order valence-corrected chi connectivity index (χ4v) is 2.82. The first kappa shape index (κ1) is 8.85. The minimum Gasteiger partial charge on any atom is -0.392 e. The van der Waals surface area contributed by atoms with Crippen LogP contribution in [-0.2, 0) is 0 Å². The van der Waals surface area contributed by atoms with E-state index in [2.05, 4.69) is 5.32 Å². The highest BCUT2D eigenvalue weighted by Crippen LogP contribution is 2.32. The third kappa shape index (κ3) is 2.38. The Bertz CT molecular complexity index is 141. The zero-order chi connectivity index (χ0) is 8.39. The molecular weight excluding hydrogens is 170 g/mol. The van der Waals surface area contributed by atoms with E-state index in [9.17, 15) is 5.11 Å². The molecule has 2 nitrogen and oxygen atoms in total. The maximum Gasteiger partial charge on any atom is 0.0692 e. The Morgan fingerprint density at radius 1 is 1.42 bits per heavy atom. The van der Waals surface area contributed by atoms with Crippen molar-refractivity contribution in [2.75, 3.05) is 18.1 Å². The van der Waals surface area contributed by atoms with E-state index in [1.54, 1.807) is 0 Å². The van der Waals surface area contributed by atoms with Gasteiger partial charge in [0, 0.05) is 18.3 Å². The number of aliphatic hydroxyl groups is 1. The number of thioether (sulfide) groups is 1. The van der Waals surface area contributed by atoms with Gasteiger partial charge in [-0.25, -0.2) is 0 Å². The van der Waals surface area contributed by atoms with Crippen LogP contribution in [0.25, 0.3) is 0 Å². The van der Waals surface area contributed by atoms with Crippen molar-refractivity contribution in [1.82, 2.24) is 5.32 Å². The van der Waals surface area contributed by atoms with Gasteiger partial charge in [-0.2, -0.15) is 11.8 Å². The summed E-state index contributed by atoms with van der Waals surface area (Å²) in [7, 11) is 0. The third-order valence-corrected chi connectivity index (χ3v) is 3.87. The smallest absolute Gasteiger partial charge is 0.0692 e. The average molecular weight is 187 g/mol. The molecule has 2 aliphatic rings. The molecule has 0 spiro atoms. The molecule has 1 aliphatic carbocycles. The lowest BCUT2D eigenvalue weighted by molar-refractivity contribution is 0.145. The first-order valence-corrected chi connectivity index (χ1v) is 6.01. The van der Waals surface area contributed by atoms with Gasteiger partial charge in [0.15, 0.2) is 0 Å². The summed E-state index contributed by atoms with van der Waals surface area (Å²) in [5.74, 6) is 3.14. The van der Waals surface area contributed by atoms with Gasteiger partial charge in [0.1, 0.15) is 0 Å². The lowest BCUT2D eigenvalue weighted by atomic mass is 10.2. The van der Waals surface area contributed by atoms with E-state index in [0.29, 0.717) is 12.0 Å². The van der Waals surface area contributed by atoms with Crippen molar-refractivity contribution in [3.05, 3.63) is 0 Å². The summed E-state index contributed by atoms with van der Waals surface area (Å²) in [5, 5.41) is 13.0. The van der Waals surface area contributed by atoms with Gasteiger partial charge in [0.2, 0.25) is 0 Å². The average Bonchev–Trinajstić information content (AvgIpc) is 2.80. The second-order valence-electron chi connectivity index (χ2n) is 3.87.